The number of carbonyl (C=O) groups is 1. The van der Waals surface area contributed by atoms with E-state index in [4.69, 9.17) is 23.2 Å². The predicted octanol–water partition coefficient (Wildman–Crippen LogP) is 4.30. The van der Waals surface area contributed by atoms with E-state index < -0.39 is 0 Å². The molecule has 86 valence electrons. The van der Waals surface area contributed by atoms with E-state index in [9.17, 15) is 4.79 Å². The van der Waals surface area contributed by atoms with Crippen molar-refractivity contribution in [1.29, 1.82) is 0 Å². The molecule has 0 saturated heterocycles. The molecule has 0 aromatic heterocycles. The number of halogens is 2. The van der Waals surface area contributed by atoms with Crippen LogP contribution < -0.4 is 0 Å². The minimum Gasteiger partial charge on any atom is -0.299 e. The number of rotatable bonds is 5. The summed E-state index contributed by atoms with van der Waals surface area (Å²) in [5.74, 6) is 0.814. The molecule has 1 aromatic carbocycles. The fourth-order valence-corrected chi connectivity index (χ4v) is 2.09. The van der Waals surface area contributed by atoms with Crippen LogP contribution in [-0.2, 0) is 11.2 Å². The van der Waals surface area contributed by atoms with E-state index in [1.807, 2.05) is 18.2 Å². The molecule has 0 unspecified atom stereocenters. The van der Waals surface area contributed by atoms with Crippen molar-refractivity contribution in [3.8, 4) is 0 Å². The highest BCUT2D eigenvalue weighted by atomic mass is 35.5. The van der Waals surface area contributed by atoms with Crippen molar-refractivity contribution in [3.63, 3.8) is 0 Å². The zero-order valence-corrected chi connectivity index (χ0v) is 10.5. The summed E-state index contributed by atoms with van der Waals surface area (Å²) in [6.07, 6.45) is 4.71. The van der Waals surface area contributed by atoms with Crippen molar-refractivity contribution in [1.82, 2.24) is 0 Å². The molecule has 0 aliphatic heterocycles. The molecule has 16 heavy (non-hydrogen) atoms. The first kappa shape index (κ1) is 11.9. The molecule has 0 amide bonds. The highest BCUT2D eigenvalue weighted by molar-refractivity contribution is 6.42. The maximum atomic E-state index is 11.5. The molecule has 1 fully saturated rings. The number of Topliss-reactive ketones (excluding diaryl/α,β-unsaturated/α-hetero) is 1. The Bertz CT molecular complexity index is 397. The fraction of sp³-hybridized carbons (Fsp3) is 0.462. The normalized spacial score (nSPS) is 15.1. The van der Waals surface area contributed by atoms with E-state index in [0.717, 1.165) is 31.2 Å². The molecule has 1 aliphatic rings. The van der Waals surface area contributed by atoms with Gasteiger partial charge in [0.1, 0.15) is 5.78 Å². The monoisotopic (exact) mass is 256 g/mol. The number of aryl methyl sites for hydroxylation is 1. The lowest BCUT2D eigenvalue weighted by Crippen LogP contribution is -2.00. The Labute approximate surface area is 106 Å². The standard InChI is InChI=1S/C13H14Cl2O/c14-11-7-4-9(8-12(11)15)2-1-3-13(16)10-5-6-10/h4,7-8,10H,1-3,5-6H2. The molecule has 1 saturated carbocycles. The molecular weight excluding hydrogens is 243 g/mol. The molecule has 0 heterocycles. The lowest BCUT2D eigenvalue weighted by atomic mass is 10.1. The van der Waals surface area contributed by atoms with Gasteiger partial charge in [-0.2, -0.15) is 0 Å². The van der Waals surface area contributed by atoms with Gasteiger partial charge < -0.3 is 0 Å². The van der Waals surface area contributed by atoms with Crippen LogP contribution in [0, 0.1) is 5.92 Å². The maximum absolute atomic E-state index is 11.5. The molecule has 1 nitrogen and oxygen atoms in total. The van der Waals surface area contributed by atoms with Crippen molar-refractivity contribution in [3.05, 3.63) is 33.8 Å². The van der Waals surface area contributed by atoms with Crippen LogP contribution in [0.3, 0.4) is 0 Å². The topological polar surface area (TPSA) is 17.1 Å². The van der Waals surface area contributed by atoms with Gasteiger partial charge >= 0.3 is 0 Å². The molecule has 0 spiro atoms. The van der Waals surface area contributed by atoms with E-state index in [1.54, 1.807) is 0 Å². The molecule has 3 heteroatoms. The third-order valence-electron chi connectivity index (χ3n) is 2.91. The highest BCUT2D eigenvalue weighted by Crippen LogP contribution is 2.31. The van der Waals surface area contributed by atoms with Crippen molar-refractivity contribution >= 4 is 29.0 Å². The van der Waals surface area contributed by atoms with E-state index in [1.165, 1.54) is 0 Å². The SMILES string of the molecule is O=C(CCCc1ccc(Cl)c(Cl)c1)C1CC1. The summed E-state index contributed by atoms with van der Waals surface area (Å²) in [5.41, 5.74) is 1.15. The molecule has 2 rings (SSSR count). The van der Waals surface area contributed by atoms with E-state index in [0.29, 0.717) is 28.2 Å². The minimum atomic E-state index is 0.383. The molecule has 1 aromatic rings. The zero-order valence-electron chi connectivity index (χ0n) is 9.01. The summed E-state index contributed by atoms with van der Waals surface area (Å²) in [6, 6.07) is 5.66. The van der Waals surface area contributed by atoms with Gasteiger partial charge in [-0.15, -0.1) is 0 Å². The second kappa shape index (κ2) is 5.20. The second-order valence-corrected chi connectivity index (χ2v) is 5.16. The number of hydrogen-bond acceptors (Lipinski definition) is 1. The average molecular weight is 257 g/mol. The van der Waals surface area contributed by atoms with Crippen LogP contribution in [0.2, 0.25) is 10.0 Å². The van der Waals surface area contributed by atoms with Gasteiger partial charge in [0.15, 0.2) is 0 Å². The first-order valence-electron chi connectivity index (χ1n) is 5.63. The van der Waals surface area contributed by atoms with E-state index >= 15 is 0 Å². The van der Waals surface area contributed by atoms with Crippen LogP contribution in [0.25, 0.3) is 0 Å². The summed E-state index contributed by atoms with van der Waals surface area (Å²) >= 11 is 11.7. The number of benzene rings is 1. The first-order valence-corrected chi connectivity index (χ1v) is 6.39. The molecule has 0 N–H and O–H groups in total. The van der Waals surface area contributed by atoms with Crippen LogP contribution in [0.4, 0.5) is 0 Å². The van der Waals surface area contributed by atoms with E-state index in [-0.39, 0.29) is 0 Å². The lowest BCUT2D eigenvalue weighted by Gasteiger charge is -2.03. The summed E-state index contributed by atoms with van der Waals surface area (Å²) in [7, 11) is 0. The van der Waals surface area contributed by atoms with Crippen LogP contribution in [0.5, 0.6) is 0 Å². The minimum absolute atomic E-state index is 0.383. The second-order valence-electron chi connectivity index (χ2n) is 4.34. The fourth-order valence-electron chi connectivity index (χ4n) is 1.77. The van der Waals surface area contributed by atoms with Gasteiger partial charge in [-0.1, -0.05) is 29.3 Å². The van der Waals surface area contributed by atoms with Crippen LogP contribution in [-0.4, -0.2) is 5.78 Å². The summed E-state index contributed by atoms with van der Waals surface area (Å²) < 4.78 is 0. The number of carbonyl (C=O) groups excluding carboxylic acids is 1. The Morgan fingerprint density at radius 1 is 1.25 bits per heavy atom. The van der Waals surface area contributed by atoms with Crippen molar-refractivity contribution in [2.45, 2.75) is 32.1 Å². The summed E-state index contributed by atoms with van der Waals surface area (Å²) in [6.45, 7) is 0. The Balaban J connectivity index is 1.80. The molecule has 0 radical (unpaired) electrons. The Kier molecular flexibility index (Phi) is 3.88. The van der Waals surface area contributed by atoms with Gasteiger partial charge in [0, 0.05) is 12.3 Å². The van der Waals surface area contributed by atoms with Gasteiger partial charge in [-0.05, 0) is 43.4 Å². The van der Waals surface area contributed by atoms with Gasteiger partial charge in [-0.3, -0.25) is 4.79 Å². The molecule has 0 atom stereocenters. The molecule has 1 aliphatic carbocycles. The predicted molar refractivity (Wildman–Crippen MR) is 67.1 cm³/mol. The Morgan fingerprint density at radius 2 is 2.00 bits per heavy atom. The van der Waals surface area contributed by atoms with Gasteiger partial charge in [0.25, 0.3) is 0 Å². The first-order chi connectivity index (χ1) is 7.66. The largest absolute Gasteiger partial charge is 0.299 e. The van der Waals surface area contributed by atoms with Crippen molar-refractivity contribution < 1.29 is 4.79 Å². The highest BCUT2D eigenvalue weighted by Gasteiger charge is 2.28. The molecule has 0 bridgehead atoms. The van der Waals surface area contributed by atoms with Crippen LogP contribution in [0.1, 0.15) is 31.2 Å². The quantitative estimate of drug-likeness (QED) is 0.768. The maximum Gasteiger partial charge on any atom is 0.135 e. The lowest BCUT2D eigenvalue weighted by molar-refractivity contribution is -0.120. The third-order valence-corrected chi connectivity index (χ3v) is 3.64. The summed E-state index contributed by atoms with van der Waals surface area (Å²) in [4.78, 5) is 11.5. The number of ketones is 1. The Morgan fingerprint density at radius 3 is 2.62 bits per heavy atom. The van der Waals surface area contributed by atoms with E-state index in [2.05, 4.69) is 0 Å². The van der Waals surface area contributed by atoms with Gasteiger partial charge in [0.05, 0.1) is 10.0 Å². The zero-order chi connectivity index (χ0) is 11.5. The van der Waals surface area contributed by atoms with Gasteiger partial charge in [-0.25, -0.2) is 0 Å². The van der Waals surface area contributed by atoms with Crippen LogP contribution in [0.15, 0.2) is 18.2 Å². The summed E-state index contributed by atoms with van der Waals surface area (Å²) in [5, 5.41) is 1.17. The molecular formula is C13H14Cl2O. The average Bonchev–Trinajstić information content (AvgIpc) is 3.07. The number of hydrogen-bond donors (Lipinski definition) is 0. The third kappa shape index (κ3) is 3.23. The smallest absolute Gasteiger partial charge is 0.135 e. The van der Waals surface area contributed by atoms with Crippen molar-refractivity contribution in [2.75, 3.05) is 0 Å². The van der Waals surface area contributed by atoms with Gasteiger partial charge in [0.2, 0.25) is 0 Å². The van der Waals surface area contributed by atoms with Crippen LogP contribution >= 0.6 is 23.2 Å². The Hall–Kier alpha value is -0.530. The van der Waals surface area contributed by atoms with Crippen molar-refractivity contribution in [2.24, 2.45) is 5.92 Å².